The largest absolute Gasteiger partial charge is 0.350 e. The third-order valence-corrected chi connectivity index (χ3v) is 4.54. The summed E-state index contributed by atoms with van der Waals surface area (Å²) in [4.78, 5) is 27.4. The molecule has 4 rings (SSSR count). The quantitative estimate of drug-likeness (QED) is 0.747. The fraction of sp³-hybridized carbons (Fsp3) is 0.235. The molecule has 0 radical (unpaired) electrons. The number of carbonyl (C=O) groups excluding carboxylic acids is 1. The highest BCUT2D eigenvalue weighted by Gasteiger charge is 2.36. The van der Waals surface area contributed by atoms with E-state index in [0.29, 0.717) is 18.7 Å². The summed E-state index contributed by atoms with van der Waals surface area (Å²) in [5.74, 6) is -0.957. The minimum Gasteiger partial charge on any atom is -0.350 e. The number of likely N-dealkylation sites (N-methyl/N-ethyl adjacent to an activating group) is 1. The van der Waals surface area contributed by atoms with Gasteiger partial charge in [0.2, 0.25) is 5.82 Å². The number of nitrogens with one attached hydrogen (secondary N) is 1. The first-order chi connectivity index (χ1) is 13.0. The van der Waals surface area contributed by atoms with Gasteiger partial charge in [-0.1, -0.05) is 0 Å². The molecule has 27 heavy (non-hydrogen) atoms. The van der Waals surface area contributed by atoms with Crippen LogP contribution in [0.5, 0.6) is 0 Å². The molecule has 138 valence electrons. The molecule has 1 amide bonds. The average Bonchev–Trinajstić information content (AvgIpc) is 3.16. The maximum Gasteiger partial charge on any atom is 0.291 e. The summed E-state index contributed by atoms with van der Waals surface area (Å²) >= 11 is 0. The van der Waals surface area contributed by atoms with Crippen molar-refractivity contribution in [3.05, 3.63) is 54.4 Å². The number of hydrogen-bond acceptors (Lipinski definition) is 6. The number of benzene rings is 1. The van der Waals surface area contributed by atoms with Crippen LogP contribution in [-0.2, 0) is 0 Å². The molecule has 0 unspecified atom stereocenters. The topological polar surface area (TPSA) is 90.9 Å². The van der Waals surface area contributed by atoms with Crippen molar-refractivity contribution in [2.45, 2.75) is 6.04 Å². The highest BCUT2D eigenvalue weighted by atomic mass is 19.1. The van der Waals surface area contributed by atoms with Gasteiger partial charge in [0.15, 0.2) is 11.6 Å². The van der Waals surface area contributed by atoms with Crippen LogP contribution in [-0.4, -0.2) is 62.1 Å². The number of amides is 1. The minimum absolute atomic E-state index is 0.105. The van der Waals surface area contributed by atoms with E-state index in [-0.39, 0.29) is 29.3 Å². The van der Waals surface area contributed by atoms with Crippen molar-refractivity contribution in [2.75, 3.05) is 25.0 Å². The zero-order valence-electron chi connectivity index (χ0n) is 14.3. The average molecular weight is 371 g/mol. The summed E-state index contributed by atoms with van der Waals surface area (Å²) in [6, 6.07) is 5.33. The van der Waals surface area contributed by atoms with E-state index >= 15 is 0 Å². The van der Waals surface area contributed by atoms with E-state index in [4.69, 9.17) is 0 Å². The number of aromatic nitrogens is 5. The first-order valence-electron chi connectivity index (χ1n) is 8.18. The van der Waals surface area contributed by atoms with Gasteiger partial charge >= 0.3 is 0 Å². The predicted molar refractivity (Wildman–Crippen MR) is 91.9 cm³/mol. The predicted octanol–water partition coefficient (Wildman–Crippen LogP) is 1.50. The molecule has 1 saturated heterocycles. The van der Waals surface area contributed by atoms with Crippen LogP contribution in [0.2, 0.25) is 0 Å². The van der Waals surface area contributed by atoms with Crippen molar-refractivity contribution < 1.29 is 13.6 Å². The van der Waals surface area contributed by atoms with Crippen LogP contribution < -0.4 is 4.90 Å². The van der Waals surface area contributed by atoms with E-state index in [0.717, 1.165) is 0 Å². The first-order valence-corrected chi connectivity index (χ1v) is 8.18. The van der Waals surface area contributed by atoms with E-state index in [1.165, 1.54) is 41.8 Å². The van der Waals surface area contributed by atoms with Gasteiger partial charge < -0.3 is 9.80 Å². The Hall–Kier alpha value is -3.43. The molecule has 0 atom stereocenters. The molecule has 8 nitrogen and oxygen atoms in total. The van der Waals surface area contributed by atoms with Gasteiger partial charge in [0.25, 0.3) is 5.91 Å². The molecular formula is C17H15F2N7O. The molecule has 0 aliphatic carbocycles. The van der Waals surface area contributed by atoms with E-state index < -0.39 is 11.6 Å². The van der Waals surface area contributed by atoms with E-state index in [9.17, 15) is 13.6 Å². The van der Waals surface area contributed by atoms with Gasteiger partial charge in [0, 0.05) is 25.7 Å². The number of carbonyl (C=O) groups is 1. The zero-order valence-corrected chi connectivity index (χ0v) is 14.3. The molecule has 2 aromatic heterocycles. The Morgan fingerprint density at radius 1 is 1.15 bits per heavy atom. The number of rotatable bonds is 4. The van der Waals surface area contributed by atoms with E-state index in [1.807, 2.05) is 0 Å². The Balaban J connectivity index is 1.49. The number of halogens is 2. The second-order valence-electron chi connectivity index (χ2n) is 6.18. The highest BCUT2D eigenvalue weighted by molar-refractivity contribution is 5.90. The summed E-state index contributed by atoms with van der Waals surface area (Å²) in [6.07, 6.45) is 2.54. The Morgan fingerprint density at radius 2 is 1.89 bits per heavy atom. The summed E-state index contributed by atoms with van der Waals surface area (Å²) in [5, 5.41) is 6.19. The lowest BCUT2D eigenvalue weighted by Gasteiger charge is -2.44. The molecule has 1 fully saturated rings. The van der Waals surface area contributed by atoms with Crippen LogP contribution in [0.3, 0.4) is 0 Å². The molecule has 0 saturated carbocycles. The maximum absolute atomic E-state index is 14.9. The van der Waals surface area contributed by atoms with Gasteiger partial charge in [0.05, 0.1) is 6.04 Å². The smallest absolute Gasteiger partial charge is 0.291 e. The molecule has 1 aliphatic rings. The van der Waals surface area contributed by atoms with Crippen molar-refractivity contribution >= 4 is 11.7 Å². The van der Waals surface area contributed by atoms with Crippen LogP contribution in [0, 0.1) is 11.6 Å². The fourth-order valence-electron chi connectivity index (χ4n) is 2.90. The molecular weight excluding hydrogens is 356 g/mol. The van der Waals surface area contributed by atoms with Gasteiger partial charge in [0.1, 0.15) is 24.2 Å². The van der Waals surface area contributed by atoms with Crippen molar-refractivity contribution in [1.29, 1.82) is 0 Å². The standard InChI is InChI=1S/C17H15F2N7O/c1-25(17(27)15-21-9-23-24-15)12-6-26(7-12)16-13(19)14(20-8-22-16)10-2-4-11(18)5-3-10/h2-5,8-9,12H,6-7H2,1H3,(H,21,23,24). The van der Waals surface area contributed by atoms with Crippen molar-refractivity contribution in [1.82, 2.24) is 30.0 Å². The Labute approximate surface area is 152 Å². The monoisotopic (exact) mass is 371 g/mol. The second-order valence-corrected chi connectivity index (χ2v) is 6.18. The van der Waals surface area contributed by atoms with Crippen molar-refractivity contribution in [2.24, 2.45) is 0 Å². The fourth-order valence-corrected chi connectivity index (χ4v) is 2.90. The van der Waals surface area contributed by atoms with Gasteiger partial charge in [-0.2, -0.15) is 5.10 Å². The highest BCUT2D eigenvalue weighted by Crippen LogP contribution is 2.29. The molecule has 1 aromatic carbocycles. The summed E-state index contributed by atoms with van der Waals surface area (Å²) in [5.41, 5.74) is 0.571. The number of nitrogens with zero attached hydrogens (tertiary/aromatic N) is 6. The molecule has 3 aromatic rings. The lowest BCUT2D eigenvalue weighted by Crippen LogP contribution is -2.60. The van der Waals surface area contributed by atoms with Gasteiger partial charge in [-0.25, -0.2) is 23.7 Å². The number of anilines is 1. The molecule has 0 spiro atoms. The summed E-state index contributed by atoms with van der Waals surface area (Å²) in [7, 11) is 1.66. The maximum atomic E-state index is 14.9. The Morgan fingerprint density at radius 3 is 2.56 bits per heavy atom. The lowest BCUT2D eigenvalue weighted by atomic mass is 10.1. The van der Waals surface area contributed by atoms with Crippen LogP contribution in [0.4, 0.5) is 14.6 Å². The normalized spacial score (nSPS) is 14.1. The van der Waals surface area contributed by atoms with E-state index in [2.05, 4.69) is 25.1 Å². The number of H-pyrrole nitrogens is 1. The van der Waals surface area contributed by atoms with Crippen LogP contribution in [0.25, 0.3) is 11.3 Å². The lowest BCUT2D eigenvalue weighted by molar-refractivity contribution is 0.0692. The van der Waals surface area contributed by atoms with Crippen molar-refractivity contribution in [3.8, 4) is 11.3 Å². The van der Waals surface area contributed by atoms with E-state index in [1.54, 1.807) is 11.9 Å². The molecule has 0 bridgehead atoms. The first kappa shape index (κ1) is 17.0. The number of aromatic amines is 1. The number of hydrogen-bond donors (Lipinski definition) is 1. The zero-order chi connectivity index (χ0) is 19.0. The molecule has 1 N–H and O–H groups in total. The third kappa shape index (κ3) is 3.09. The molecule has 1 aliphatic heterocycles. The van der Waals surface area contributed by atoms with Crippen LogP contribution >= 0.6 is 0 Å². The molecule has 3 heterocycles. The Kier molecular flexibility index (Phi) is 4.22. The van der Waals surface area contributed by atoms with Crippen LogP contribution in [0.1, 0.15) is 10.6 Å². The minimum atomic E-state index is -0.577. The summed E-state index contributed by atoms with van der Waals surface area (Å²) in [6.45, 7) is 0.848. The molecule has 10 heteroatoms. The van der Waals surface area contributed by atoms with Gasteiger partial charge in [-0.3, -0.25) is 9.89 Å². The van der Waals surface area contributed by atoms with Crippen molar-refractivity contribution in [3.63, 3.8) is 0 Å². The third-order valence-electron chi connectivity index (χ3n) is 4.54. The second kappa shape index (κ2) is 6.71. The summed E-state index contributed by atoms with van der Waals surface area (Å²) < 4.78 is 28.0. The van der Waals surface area contributed by atoms with Gasteiger partial charge in [-0.05, 0) is 24.3 Å². The van der Waals surface area contributed by atoms with Gasteiger partial charge in [-0.15, -0.1) is 0 Å². The SMILES string of the molecule is CN(C(=O)c1ncn[nH]1)C1CN(c2ncnc(-c3ccc(F)cc3)c2F)C1. The van der Waals surface area contributed by atoms with Crippen LogP contribution in [0.15, 0.2) is 36.9 Å². The Bertz CT molecular complexity index is 956.